The molecular formula is C7H10N4O3. The van der Waals surface area contributed by atoms with Gasteiger partial charge in [0.1, 0.15) is 12.2 Å². The molecular weight excluding hydrogens is 188 g/mol. The fourth-order valence-corrected chi connectivity index (χ4v) is 0.800. The lowest BCUT2D eigenvalue weighted by molar-refractivity contribution is -0.139. The zero-order valence-electron chi connectivity index (χ0n) is 7.53. The molecule has 0 atom stereocenters. The number of hydrogen-bond acceptors (Lipinski definition) is 5. The lowest BCUT2D eigenvalue weighted by atomic mass is 10.4. The third-order valence-electron chi connectivity index (χ3n) is 1.52. The molecule has 1 heterocycles. The molecule has 0 saturated heterocycles. The lowest BCUT2D eigenvalue weighted by Crippen LogP contribution is -2.30. The molecule has 0 aliphatic heterocycles. The standard InChI is InChI=1S/C7H10N4O3/c1-14-4(12)2-9-7(13)5-6(8)11-3-10-5/h3H,2,8H2,1H3,(H,9,13)(H,10,11). The van der Waals surface area contributed by atoms with Gasteiger partial charge in [0.25, 0.3) is 5.91 Å². The molecule has 1 amide bonds. The van der Waals surface area contributed by atoms with Crippen LogP contribution >= 0.6 is 0 Å². The smallest absolute Gasteiger partial charge is 0.325 e. The molecule has 7 nitrogen and oxygen atoms in total. The highest BCUT2D eigenvalue weighted by Crippen LogP contribution is 2.02. The van der Waals surface area contributed by atoms with Crippen LogP contribution < -0.4 is 11.1 Å². The van der Waals surface area contributed by atoms with E-state index in [1.165, 1.54) is 13.4 Å². The zero-order valence-corrected chi connectivity index (χ0v) is 7.53. The lowest BCUT2D eigenvalue weighted by Gasteiger charge is -2.01. The second-order valence-electron chi connectivity index (χ2n) is 2.42. The normalized spacial score (nSPS) is 9.50. The van der Waals surface area contributed by atoms with E-state index in [2.05, 4.69) is 20.0 Å². The molecule has 0 aromatic carbocycles. The van der Waals surface area contributed by atoms with E-state index < -0.39 is 11.9 Å². The van der Waals surface area contributed by atoms with Gasteiger partial charge >= 0.3 is 5.97 Å². The minimum absolute atomic E-state index is 0.0902. The van der Waals surface area contributed by atoms with Crippen molar-refractivity contribution in [1.82, 2.24) is 15.3 Å². The van der Waals surface area contributed by atoms with Gasteiger partial charge in [0.15, 0.2) is 5.82 Å². The summed E-state index contributed by atoms with van der Waals surface area (Å²) < 4.78 is 4.34. The molecule has 0 radical (unpaired) electrons. The van der Waals surface area contributed by atoms with E-state index in [0.717, 1.165) is 0 Å². The van der Waals surface area contributed by atoms with Gasteiger partial charge in [0, 0.05) is 0 Å². The SMILES string of the molecule is COC(=O)CNC(=O)c1[nH]cnc1N. The Bertz CT molecular complexity index is 346. The van der Waals surface area contributed by atoms with Crippen LogP contribution in [0.1, 0.15) is 10.5 Å². The Labute approximate surface area is 79.6 Å². The number of aromatic nitrogens is 2. The highest BCUT2D eigenvalue weighted by Gasteiger charge is 2.12. The van der Waals surface area contributed by atoms with Crippen LogP contribution in [0.4, 0.5) is 5.82 Å². The zero-order chi connectivity index (χ0) is 10.6. The van der Waals surface area contributed by atoms with Crippen LogP contribution in [0.3, 0.4) is 0 Å². The van der Waals surface area contributed by atoms with Gasteiger partial charge in [-0.25, -0.2) is 4.98 Å². The number of imidazole rings is 1. The largest absolute Gasteiger partial charge is 0.468 e. The summed E-state index contributed by atoms with van der Waals surface area (Å²) in [7, 11) is 1.24. The van der Waals surface area contributed by atoms with Crippen LogP contribution in [0.5, 0.6) is 0 Å². The van der Waals surface area contributed by atoms with E-state index in [4.69, 9.17) is 5.73 Å². The molecule has 7 heteroatoms. The third kappa shape index (κ3) is 2.22. The first-order valence-corrected chi connectivity index (χ1v) is 3.79. The number of aromatic amines is 1. The summed E-state index contributed by atoms with van der Waals surface area (Å²) in [5.74, 6) is -0.936. The van der Waals surface area contributed by atoms with Gasteiger partial charge in [0.2, 0.25) is 0 Å². The van der Waals surface area contributed by atoms with Crippen molar-refractivity contribution in [1.29, 1.82) is 0 Å². The number of anilines is 1. The van der Waals surface area contributed by atoms with Crippen molar-refractivity contribution in [2.24, 2.45) is 0 Å². The Morgan fingerprint density at radius 2 is 2.43 bits per heavy atom. The van der Waals surface area contributed by atoms with Gasteiger partial charge in [-0.15, -0.1) is 0 Å². The van der Waals surface area contributed by atoms with Crippen LogP contribution in [0.25, 0.3) is 0 Å². The van der Waals surface area contributed by atoms with Crippen LogP contribution in [-0.4, -0.2) is 35.5 Å². The molecule has 0 bridgehead atoms. The number of nitrogens with one attached hydrogen (secondary N) is 2. The predicted octanol–water partition coefficient (Wildman–Crippen LogP) is -1.11. The molecule has 0 saturated carbocycles. The van der Waals surface area contributed by atoms with Crippen LogP contribution in [0.15, 0.2) is 6.33 Å². The number of nitrogens with zero attached hydrogens (tertiary/aromatic N) is 1. The number of ether oxygens (including phenoxy) is 1. The van der Waals surface area contributed by atoms with Crippen LogP contribution in [0, 0.1) is 0 Å². The van der Waals surface area contributed by atoms with Gasteiger partial charge in [-0.3, -0.25) is 9.59 Å². The fraction of sp³-hybridized carbons (Fsp3) is 0.286. The number of amides is 1. The number of carbonyl (C=O) groups is 2. The molecule has 1 aromatic rings. The molecule has 0 fully saturated rings. The van der Waals surface area contributed by atoms with E-state index in [1.54, 1.807) is 0 Å². The highest BCUT2D eigenvalue weighted by atomic mass is 16.5. The molecule has 1 aromatic heterocycles. The van der Waals surface area contributed by atoms with Crippen LogP contribution in [0.2, 0.25) is 0 Å². The Morgan fingerprint density at radius 3 is 2.93 bits per heavy atom. The van der Waals surface area contributed by atoms with Crippen molar-refractivity contribution in [3.63, 3.8) is 0 Å². The molecule has 76 valence electrons. The maximum Gasteiger partial charge on any atom is 0.325 e. The number of methoxy groups -OCH3 is 1. The first-order valence-electron chi connectivity index (χ1n) is 3.79. The van der Waals surface area contributed by atoms with Gasteiger partial charge < -0.3 is 20.8 Å². The van der Waals surface area contributed by atoms with E-state index in [0.29, 0.717) is 0 Å². The van der Waals surface area contributed by atoms with Crippen LogP contribution in [-0.2, 0) is 9.53 Å². The number of carbonyl (C=O) groups excluding carboxylic acids is 2. The Morgan fingerprint density at radius 1 is 1.71 bits per heavy atom. The van der Waals surface area contributed by atoms with E-state index in [1.807, 2.05) is 0 Å². The van der Waals surface area contributed by atoms with Crippen molar-refractivity contribution in [2.75, 3.05) is 19.4 Å². The summed E-state index contributed by atoms with van der Waals surface area (Å²) >= 11 is 0. The van der Waals surface area contributed by atoms with Crippen molar-refractivity contribution in [3.05, 3.63) is 12.0 Å². The number of H-pyrrole nitrogens is 1. The quantitative estimate of drug-likeness (QED) is 0.533. The topological polar surface area (TPSA) is 110 Å². The number of nitrogens with two attached hydrogens (primary N) is 1. The second kappa shape index (κ2) is 4.26. The Kier molecular flexibility index (Phi) is 3.05. The minimum atomic E-state index is -0.531. The maximum absolute atomic E-state index is 11.3. The number of nitrogen functional groups attached to an aromatic ring is 1. The minimum Gasteiger partial charge on any atom is -0.468 e. The first-order chi connectivity index (χ1) is 6.65. The molecule has 0 spiro atoms. The number of rotatable bonds is 3. The van der Waals surface area contributed by atoms with E-state index in [-0.39, 0.29) is 18.1 Å². The van der Waals surface area contributed by atoms with Crippen molar-refractivity contribution in [2.45, 2.75) is 0 Å². The molecule has 1 rings (SSSR count). The van der Waals surface area contributed by atoms with Crippen molar-refractivity contribution in [3.8, 4) is 0 Å². The molecule has 14 heavy (non-hydrogen) atoms. The molecule has 4 N–H and O–H groups in total. The van der Waals surface area contributed by atoms with E-state index in [9.17, 15) is 9.59 Å². The van der Waals surface area contributed by atoms with Crippen molar-refractivity contribution >= 4 is 17.7 Å². The van der Waals surface area contributed by atoms with Gasteiger partial charge in [-0.1, -0.05) is 0 Å². The summed E-state index contributed by atoms with van der Waals surface area (Å²) in [6.45, 7) is -0.201. The number of hydrogen-bond donors (Lipinski definition) is 3. The predicted molar refractivity (Wildman–Crippen MR) is 47.3 cm³/mol. The third-order valence-corrected chi connectivity index (χ3v) is 1.52. The van der Waals surface area contributed by atoms with Crippen molar-refractivity contribution < 1.29 is 14.3 Å². The van der Waals surface area contributed by atoms with Gasteiger partial charge in [0.05, 0.1) is 13.4 Å². The average Bonchev–Trinajstić information content (AvgIpc) is 2.60. The van der Waals surface area contributed by atoms with Gasteiger partial charge in [-0.2, -0.15) is 0 Å². The van der Waals surface area contributed by atoms with E-state index >= 15 is 0 Å². The fourth-order valence-electron chi connectivity index (χ4n) is 0.800. The molecule has 0 aliphatic carbocycles. The summed E-state index contributed by atoms with van der Waals surface area (Å²) in [6, 6.07) is 0. The molecule has 0 aliphatic rings. The first kappa shape index (κ1) is 10.0. The average molecular weight is 198 g/mol. The molecule has 0 unspecified atom stereocenters. The summed E-state index contributed by atoms with van der Waals surface area (Å²) in [4.78, 5) is 28.1. The second-order valence-corrected chi connectivity index (χ2v) is 2.42. The summed E-state index contributed by atoms with van der Waals surface area (Å²) in [6.07, 6.45) is 1.29. The Balaban J connectivity index is 2.52. The summed E-state index contributed by atoms with van der Waals surface area (Å²) in [5.41, 5.74) is 5.49. The highest BCUT2D eigenvalue weighted by molar-refractivity contribution is 5.97. The maximum atomic E-state index is 11.3. The van der Waals surface area contributed by atoms with Gasteiger partial charge in [-0.05, 0) is 0 Å². The number of esters is 1. The summed E-state index contributed by atoms with van der Waals surface area (Å²) in [5, 5.41) is 2.31. The monoisotopic (exact) mass is 198 g/mol. The Hall–Kier alpha value is -2.05.